The molecule has 0 spiro atoms. The number of benzene rings is 1. The Morgan fingerprint density at radius 2 is 2.05 bits per heavy atom. The van der Waals surface area contributed by atoms with Gasteiger partial charge >= 0.3 is 0 Å². The molecule has 1 aromatic rings. The van der Waals surface area contributed by atoms with Crippen LogP contribution in [-0.4, -0.2) is 43.5 Å². The first-order valence-corrected chi connectivity index (χ1v) is 9.42. The number of nitrogens with zero attached hydrogens (tertiary/aromatic N) is 1. The van der Waals surface area contributed by atoms with E-state index in [9.17, 15) is 8.42 Å². The lowest BCUT2D eigenvalue weighted by molar-refractivity contribution is 0.202. The fourth-order valence-corrected chi connectivity index (χ4v) is 4.55. The molecule has 1 aliphatic heterocycles. The average Bonchev–Trinajstić information content (AvgIpc) is 2.77. The Labute approximate surface area is 128 Å². The number of hydrogen-bond acceptors (Lipinski definition) is 4. The Morgan fingerprint density at radius 1 is 1.33 bits per heavy atom. The van der Waals surface area contributed by atoms with E-state index in [0.29, 0.717) is 5.75 Å². The molecule has 0 N–H and O–H groups in total. The van der Waals surface area contributed by atoms with Crippen LogP contribution in [0.5, 0.6) is 5.75 Å². The summed E-state index contributed by atoms with van der Waals surface area (Å²) in [4.78, 5) is 2.24. The second kappa shape index (κ2) is 6.79. The fourth-order valence-electron chi connectivity index (χ4n) is 2.78. The molecule has 5 heteroatoms. The minimum Gasteiger partial charge on any atom is -0.491 e. The van der Waals surface area contributed by atoms with Gasteiger partial charge in [0.2, 0.25) is 0 Å². The van der Waals surface area contributed by atoms with Crippen LogP contribution >= 0.6 is 0 Å². The largest absolute Gasteiger partial charge is 0.491 e. The van der Waals surface area contributed by atoms with Crippen molar-refractivity contribution in [3.8, 4) is 5.75 Å². The zero-order valence-electron chi connectivity index (χ0n) is 13.1. The maximum atomic E-state index is 11.7. The van der Waals surface area contributed by atoms with Gasteiger partial charge in [-0.15, -0.1) is 0 Å². The zero-order chi connectivity index (χ0) is 15.5. The van der Waals surface area contributed by atoms with Gasteiger partial charge in [-0.05, 0) is 32.9 Å². The molecule has 1 fully saturated rings. The third kappa shape index (κ3) is 4.45. The maximum absolute atomic E-state index is 11.7. The van der Waals surface area contributed by atoms with E-state index in [1.54, 1.807) is 0 Å². The van der Waals surface area contributed by atoms with Gasteiger partial charge in [-0.1, -0.05) is 25.1 Å². The summed E-state index contributed by atoms with van der Waals surface area (Å²) in [6.45, 7) is 7.68. The SMILES string of the molecule is CCN(Cc1ccccc1OC(C)C)[C@@H]1CCS(=O)(=O)C1. The Bertz CT molecular complexity index is 569. The molecule has 0 bridgehead atoms. The molecule has 0 aromatic heterocycles. The molecule has 0 amide bonds. The first-order valence-electron chi connectivity index (χ1n) is 7.60. The molecular formula is C16H25NO3S. The average molecular weight is 311 g/mol. The van der Waals surface area contributed by atoms with Gasteiger partial charge < -0.3 is 4.74 Å². The van der Waals surface area contributed by atoms with E-state index >= 15 is 0 Å². The summed E-state index contributed by atoms with van der Waals surface area (Å²) in [5, 5.41) is 0. The first kappa shape index (κ1) is 16.3. The zero-order valence-corrected chi connectivity index (χ0v) is 13.9. The molecule has 0 unspecified atom stereocenters. The summed E-state index contributed by atoms with van der Waals surface area (Å²) in [5.41, 5.74) is 1.12. The minimum absolute atomic E-state index is 0.132. The molecule has 21 heavy (non-hydrogen) atoms. The van der Waals surface area contributed by atoms with E-state index in [-0.39, 0.29) is 17.9 Å². The van der Waals surface area contributed by atoms with E-state index in [4.69, 9.17) is 4.74 Å². The lowest BCUT2D eigenvalue weighted by Crippen LogP contribution is -2.35. The Hall–Kier alpha value is -1.07. The van der Waals surface area contributed by atoms with Crippen molar-refractivity contribution in [2.45, 2.75) is 45.9 Å². The molecule has 1 saturated heterocycles. The van der Waals surface area contributed by atoms with Crippen molar-refractivity contribution < 1.29 is 13.2 Å². The maximum Gasteiger partial charge on any atom is 0.151 e. The molecule has 1 aliphatic rings. The normalized spacial score (nSPS) is 21.1. The van der Waals surface area contributed by atoms with Crippen LogP contribution in [0.2, 0.25) is 0 Å². The highest BCUT2D eigenvalue weighted by molar-refractivity contribution is 7.91. The summed E-state index contributed by atoms with van der Waals surface area (Å²) in [7, 11) is -2.84. The standard InChI is InChI=1S/C16H25NO3S/c1-4-17(15-9-10-21(18,19)12-15)11-14-7-5-6-8-16(14)20-13(2)3/h5-8,13,15H,4,9-12H2,1-3H3/t15-/m1/s1. The second-order valence-corrected chi connectivity index (χ2v) is 8.12. The quantitative estimate of drug-likeness (QED) is 0.810. The van der Waals surface area contributed by atoms with Crippen molar-refractivity contribution in [3.05, 3.63) is 29.8 Å². The number of rotatable bonds is 6. The van der Waals surface area contributed by atoms with Crippen LogP contribution in [0.1, 0.15) is 32.8 Å². The van der Waals surface area contributed by atoms with Crippen molar-refractivity contribution in [2.24, 2.45) is 0 Å². The highest BCUT2D eigenvalue weighted by Gasteiger charge is 2.31. The van der Waals surface area contributed by atoms with Crippen LogP contribution in [-0.2, 0) is 16.4 Å². The Morgan fingerprint density at radius 3 is 2.62 bits per heavy atom. The van der Waals surface area contributed by atoms with Crippen molar-refractivity contribution in [1.82, 2.24) is 4.90 Å². The topological polar surface area (TPSA) is 46.6 Å². The summed E-state index contributed by atoms with van der Waals surface area (Å²) in [6, 6.07) is 8.14. The number of sulfone groups is 1. The Kier molecular flexibility index (Phi) is 5.27. The fraction of sp³-hybridized carbons (Fsp3) is 0.625. The summed E-state index contributed by atoms with van der Waals surface area (Å²) in [5.74, 6) is 1.50. The predicted molar refractivity (Wildman–Crippen MR) is 85.3 cm³/mol. The lowest BCUT2D eigenvalue weighted by atomic mass is 10.1. The molecular weight excluding hydrogens is 286 g/mol. The third-order valence-corrected chi connectivity index (χ3v) is 5.59. The summed E-state index contributed by atoms with van der Waals surface area (Å²) >= 11 is 0. The van der Waals surface area contributed by atoms with E-state index in [1.165, 1.54) is 0 Å². The summed E-state index contributed by atoms with van der Waals surface area (Å²) in [6.07, 6.45) is 0.872. The smallest absolute Gasteiger partial charge is 0.151 e. The Balaban J connectivity index is 2.12. The third-order valence-electron chi connectivity index (χ3n) is 3.84. The monoisotopic (exact) mass is 311 g/mol. The lowest BCUT2D eigenvalue weighted by Gasteiger charge is -2.27. The van der Waals surface area contributed by atoms with Crippen molar-refractivity contribution in [2.75, 3.05) is 18.1 Å². The van der Waals surface area contributed by atoms with E-state index < -0.39 is 9.84 Å². The van der Waals surface area contributed by atoms with Crippen LogP contribution in [0.25, 0.3) is 0 Å². The van der Waals surface area contributed by atoms with Crippen LogP contribution in [0.3, 0.4) is 0 Å². The molecule has 0 saturated carbocycles. The number of ether oxygens (including phenoxy) is 1. The van der Waals surface area contributed by atoms with Gasteiger partial charge in [-0.3, -0.25) is 4.90 Å². The van der Waals surface area contributed by atoms with Gasteiger partial charge in [-0.2, -0.15) is 0 Å². The van der Waals surface area contributed by atoms with Crippen LogP contribution in [0.4, 0.5) is 0 Å². The van der Waals surface area contributed by atoms with Crippen LogP contribution < -0.4 is 4.74 Å². The highest BCUT2D eigenvalue weighted by Crippen LogP contribution is 2.25. The van der Waals surface area contributed by atoms with E-state index in [1.807, 2.05) is 32.0 Å². The van der Waals surface area contributed by atoms with Gasteiger partial charge in [0.05, 0.1) is 17.6 Å². The van der Waals surface area contributed by atoms with Gasteiger partial charge in [0.15, 0.2) is 9.84 Å². The molecule has 0 radical (unpaired) electrons. The van der Waals surface area contributed by atoms with Crippen LogP contribution in [0.15, 0.2) is 24.3 Å². The molecule has 4 nitrogen and oxygen atoms in total. The molecule has 118 valence electrons. The van der Waals surface area contributed by atoms with Gasteiger partial charge in [0.25, 0.3) is 0 Å². The highest BCUT2D eigenvalue weighted by atomic mass is 32.2. The molecule has 1 aromatic carbocycles. The van der Waals surface area contributed by atoms with Crippen molar-refractivity contribution in [1.29, 1.82) is 0 Å². The van der Waals surface area contributed by atoms with Crippen molar-refractivity contribution in [3.63, 3.8) is 0 Å². The van der Waals surface area contributed by atoms with Gasteiger partial charge in [0.1, 0.15) is 5.75 Å². The van der Waals surface area contributed by atoms with Crippen molar-refractivity contribution >= 4 is 9.84 Å². The first-order chi connectivity index (χ1) is 9.91. The second-order valence-electron chi connectivity index (χ2n) is 5.89. The number of hydrogen-bond donors (Lipinski definition) is 0. The number of para-hydroxylation sites is 1. The van der Waals surface area contributed by atoms with Crippen LogP contribution in [0, 0.1) is 0 Å². The van der Waals surface area contributed by atoms with Gasteiger partial charge in [-0.25, -0.2) is 8.42 Å². The molecule has 1 heterocycles. The minimum atomic E-state index is -2.84. The molecule has 0 aliphatic carbocycles. The molecule has 1 atom stereocenters. The predicted octanol–water partition coefficient (Wildman–Crippen LogP) is 2.48. The van der Waals surface area contributed by atoms with Gasteiger partial charge in [0, 0.05) is 18.2 Å². The molecule has 2 rings (SSSR count). The summed E-state index contributed by atoms with van der Waals surface area (Å²) < 4.78 is 29.2. The van der Waals surface area contributed by atoms with E-state index in [2.05, 4.69) is 17.9 Å². The van der Waals surface area contributed by atoms with E-state index in [0.717, 1.165) is 30.8 Å².